The number of aliphatic hydroxyl groups is 2. The quantitative estimate of drug-likeness (QED) is 0.554. The lowest BCUT2D eigenvalue weighted by Crippen LogP contribution is -2.59. The zero-order valence-corrected chi connectivity index (χ0v) is 16.6. The molecule has 0 bridgehead atoms. The highest BCUT2D eigenvalue weighted by Gasteiger charge is 2.46. The molecule has 2 aromatic carbocycles. The molecule has 1 aliphatic rings. The maximum Gasteiger partial charge on any atom is 0.224 e. The van der Waals surface area contributed by atoms with Crippen molar-refractivity contribution in [3.8, 4) is 0 Å². The van der Waals surface area contributed by atoms with Crippen molar-refractivity contribution in [2.24, 2.45) is 4.99 Å². The van der Waals surface area contributed by atoms with Gasteiger partial charge in [-0.2, -0.15) is 0 Å². The average Bonchev–Trinajstić information content (AvgIpc) is 2.78. The van der Waals surface area contributed by atoms with Crippen molar-refractivity contribution in [1.29, 1.82) is 0 Å². The molecule has 0 spiro atoms. The van der Waals surface area contributed by atoms with Crippen molar-refractivity contribution < 1.29 is 24.4 Å². The van der Waals surface area contributed by atoms with Gasteiger partial charge in [0.05, 0.1) is 18.6 Å². The van der Waals surface area contributed by atoms with Crippen molar-refractivity contribution in [3.05, 3.63) is 84.1 Å². The Morgan fingerprint density at radius 2 is 1.66 bits per heavy atom. The first-order valence-electron chi connectivity index (χ1n) is 9.62. The molecule has 0 saturated carbocycles. The molecule has 1 fully saturated rings. The molecule has 0 aromatic heterocycles. The molecule has 2 N–H and O–H groups in total. The normalized spacial score (nSPS) is 27.0. The number of benzene rings is 2. The van der Waals surface area contributed by atoms with Crippen molar-refractivity contribution in [2.75, 3.05) is 13.7 Å². The molecule has 154 valence electrons. The molecule has 0 unspecified atom stereocenters. The fourth-order valence-electron chi connectivity index (χ4n) is 3.39. The lowest BCUT2D eigenvalue weighted by Gasteiger charge is -2.41. The van der Waals surface area contributed by atoms with Crippen LogP contribution in [0.25, 0.3) is 0 Å². The summed E-state index contributed by atoms with van der Waals surface area (Å²) in [6.45, 7) is 1.48. The van der Waals surface area contributed by atoms with Crippen LogP contribution in [0.2, 0.25) is 0 Å². The monoisotopic (exact) mass is 397 g/mol. The van der Waals surface area contributed by atoms with Crippen molar-refractivity contribution in [3.63, 3.8) is 0 Å². The Bertz CT molecular complexity index is 767. The van der Waals surface area contributed by atoms with Gasteiger partial charge in [0.1, 0.15) is 24.4 Å². The molecule has 6 nitrogen and oxygen atoms in total. The Labute approximate surface area is 171 Å². The minimum Gasteiger partial charge on any atom is -0.470 e. The second kappa shape index (κ2) is 10.3. The van der Waals surface area contributed by atoms with Crippen LogP contribution in [0.3, 0.4) is 0 Å². The van der Waals surface area contributed by atoms with Gasteiger partial charge in [-0.1, -0.05) is 66.7 Å². The summed E-state index contributed by atoms with van der Waals surface area (Å²) in [6, 6.07) is 18.9. The van der Waals surface area contributed by atoms with Gasteiger partial charge in [0.2, 0.25) is 6.29 Å². The molecular formula is C23H27NO5. The van der Waals surface area contributed by atoms with Crippen LogP contribution in [0.1, 0.15) is 18.1 Å². The minimum absolute atomic E-state index is 0.350. The van der Waals surface area contributed by atoms with Gasteiger partial charge in [-0.3, -0.25) is 4.99 Å². The maximum atomic E-state index is 10.6. The van der Waals surface area contributed by atoms with Crippen LogP contribution in [-0.2, 0) is 14.2 Å². The summed E-state index contributed by atoms with van der Waals surface area (Å²) in [7, 11) is 1.51. The summed E-state index contributed by atoms with van der Waals surface area (Å²) in [5, 5.41) is 20.2. The van der Waals surface area contributed by atoms with Gasteiger partial charge in [-0.15, -0.1) is 0 Å². The number of hydrogen-bond donors (Lipinski definition) is 2. The summed E-state index contributed by atoms with van der Waals surface area (Å²) in [6.07, 6.45) is -0.148. The molecule has 0 amide bonds. The van der Waals surface area contributed by atoms with E-state index in [9.17, 15) is 10.2 Å². The SMILES string of the molecule is C/C=C\O[C@H]1O[C@H](CO)[C@@H](O)[C@H](OC)[C@H]1N=C(c1ccccc1)c1ccccc1. The Hall–Kier alpha value is -2.51. The third kappa shape index (κ3) is 4.92. The van der Waals surface area contributed by atoms with E-state index in [0.29, 0.717) is 0 Å². The van der Waals surface area contributed by atoms with Crippen molar-refractivity contribution in [1.82, 2.24) is 0 Å². The Morgan fingerprint density at radius 3 is 2.14 bits per heavy atom. The van der Waals surface area contributed by atoms with Crippen LogP contribution in [0, 0.1) is 0 Å². The van der Waals surface area contributed by atoms with E-state index in [-0.39, 0.29) is 6.61 Å². The number of methoxy groups -OCH3 is 1. The van der Waals surface area contributed by atoms with Crippen LogP contribution < -0.4 is 0 Å². The second-order valence-corrected chi connectivity index (χ2v) is 6.72. The fraction of sp³-hybridized carbons (Fsp3) is 0.348. The molecule has 1 saturated heterocycles. The third-order valence-corrected chi connectivity index (χ3v) is 4.82. The first-order chi connectivity index (χ1) is 14.2. The lowest BCUT2D eigenvalue weighted by atomic mass is 9.95. The van der Waals surface area contributed by atoms with Crippen molar-refractivity contribution >= 4 is 5.71 Å². The van der Waals surface area contributed by atoms with Crippen LogP contribution in [-0.4, -0.2) is 60.3 Å². The Kier molecular flexibility index (Phi) is 7.55. The molecular weight excluding hydrogens is 370 g/mol. The lowest BCUT2D eigenvalue weighted by molar-refractivity contribution is -0.254. The highest BCUT2D eigenvalue weighted by molar-refractivity contribution is 6.13. The van der Waals surface area contributed by atoms with Gasteiger partial charge in [0, 0.05) is 18.2 Å². The molecule has 0 aliphatic carbocycles. The highest BCUT2D eigenvalue weighted by Crippen LogP contribution is 2.28. The topological polar surface area (TPSA) is 80.5 Å². The van der Waals surface area contributed by atoms with Gasteiger partial charge < -0.3 is 24.4 Å². The summed E-state index contributed by atoms with van der Waals surface area (Å²) < 4.78 is 17.1. The van der Waals surface area contributed by atoms with Crippen LogP contribution >= 0.6 is 0 Å². The standard InChI is InChI=1S/C23H27NO5/c1-3-14-28-23-20(22(27-2)21(26)18(15-25)29-23)24-19(16-10-6-4-7-11-16)17-12-8-5-9-13-17/h3-14,18,20-23,25-26H,15H2,1-2H3/b14-3-/t18-,20-,21-,22-,23+/m1/s1. The molecule has 5 atom stereocenters. The molecule has 6 heteroatoms. The maximum absolute atomic E-state index is 10.6. The van der Waals surface area contributed by atoms with E-state index < -0.39 is 30.6 Å². The number of rotatable bonds is 7. The largest absolute Gasteiger partial charge is 0.470 e. The summed E-state index contributed by atoms with van der Waals surface area (Å²) >= 11 is 0. The number of hydrogen-bond acceptors (Lipinski definition) is 6. The fourth-order valence-corrected chi connectivity index (χ4v) is 3.39. The van der Waals surface area contributed by atoms with E-state index >= 15 is 0 Å². The summed E-state index contributed by atoms with van der Waals surface area (Å²) in [5.41, 5.74) is 2.60. The predicted molar refractivity (Wildman–Crippen MR) is 111 cm³/mol. The summed E-state index contributed by atoms with van der Waals surface area (Å²) in [5.74, 6) is 0. The van der Waals surface area contributed by atoms with Crippen molar-refractivity contribution in [2.45, 2.75) is 37.6 Å². The predicted octanol–water partition coefficient (Wildman–Crippen LogP) is 2.54. The van der Waals surface area contributed by atoms with E-state index in [1.165, 1.54) is 13.4 Å². The van der Waals surface area contributed by atoms with Gasteiger partial charge >= 0.3 is 0 Å². The number of ether oxygens (including phenoxy) is 3. The van der Waals surface area contributed by atoms with E-state index in [1.807, 2.05) is 67.6 Å². The number of nitrogens with zero attached hydrogens (tertiary/aromatic N) is 1. The molecule has 1 aliphatic heterocycles. The van der Waals surface area contributed by atoms with E-state index in [2.05, 4.69) is 0 Å². The molecule has 3 rings (SSSR count). The molecule has 0 radical (unpaired) electrons. The third-order valence-electron chi connectivity index (χ3n) is 4.82. The summed E-state index contributed by atoms with van der Waals surface area (Å²) in [4.78, 5) is 4.95. The van der Waals surface area contributed by atoms with Crippen LogP contribution in [0.5, 0.6) is 0 Å². The van der Waals surface area contributed by atoms with Gasteiger partial charge in [-0.05, 0) is 6.92 Å². The minimum atomic E-state index is -1.04. The molecule has 2 aromatic rings. The van der Waals surface area contributed by atoms with Crippen LogP contribution in [0.4, 0.5) is 0 Å². The van der Waals surface area contributed by atoms with Gasteiger partial charge in [-0.25, -0.2) is 0 Å². The van der Waals surface area contributed by atoms with E-state index in [4.69, 9.17) is 19.2 Å². The molecule has 29 heavy (non-hydrogen) atoms. The zero-order valence-electron chi connectivity index (χ0n) is 16.6. The van der Waals surface area contributed by atoms with Crippen LogP contribution in [0.15, 0.2) is 78.0 Å². The van der Waals surface area contributed by atoms with E-state index in [0.717, 1.165) is 16.8 Å². The Morgan fingerprint density at radius 1 is 1.07 bits per heavy atom. The zero-order chi connectivity index (χ0) is 20.6. The smallest absolute Gasteiger partial charge is 0.224 e. The highest BCUT2D eigenvalue weighted by atomic mass is 16.7. The van der Waals surface area contributed by atoms with Gasteiger partial charge in [0.15, 0.2) is 0 Å². The second-order valence-electron chi connectivity index (χ2n) is 6.72. The Balaban J connectivity index is 2.08. The number of allylic oxidation sites excluding steroid dienone is 1. The van der Waals surface area contributed by atoms with E-state index in [1.54, 1.807) is 6.08 Å². The average molecular weight is 397 g/mol. The number of aliphatic hydroxyl groups excluding tert-OH is 2. The van der Waals surface area contributed by atoms with Gasteiger partial charge in [0.25, 0.3) is 0 Å². The number of aliphatic imine (C=N–C) groups is 1. The molecule has 1 heterocycles. The first-order valence-corrected chi connectivity index (χ1v) is 9.62. The first kappa shape index (κ1) is 21.2.